The summed E-state index contributed by atoms with van der Waals surface area (Å²) in [5.74, 6) is 0.896. The van der Waals surface area contributed by atoms with Crippen LogP contribution in [0.25, 0.3) is 0 Å². The van der Waals surface area contributed by atoms with Gasteiger partial charge in [-0.2, -0.15) is 0 Å². The van der Waals surface area contributed by atoms with Crippen LogP contribution < -0.4 is 10.5 Å². The van der Waals surface area contributed by atoms with Gasteiger partial charge < -0.3 is 15.4 Å². The van der Waals surface area contributed by atoms with E-state index in [9.17, 15) is 0 Å². The van der Waals surface area contributed by atoms with Gasteiger partial charge in [0.05, 0.1) is 7.11 Å². The molecule has 4 nitrogen and oxygen atoms in total. The molecule has 1 unspecified atom stereocenters. The van der Waals surface area contributed by atoms with E-state index in [0.717, 1.165) is 44.0 Å². The van der Waals surface area contributed by atoms with E-state index < -0.39 is 0 Å². The third-order valence-electron chi connectivity index (χ3n) is 3.84. The molecule has 0 amide bonds. The Labute approximate surface area is 116 Å². The average Bonchev–Trinajstić information content (AvgIpc) is 2.41. The van der Waals surface area contributed by atoms with Crippen molar-refractivity contribution in [2.24, 2.45) is 5.73 Å². The van der Waals surface area contributed by atoms with Crippen LogP contribution in [0.2, 0.25) is 0 Å². The Hall–Kier alpha value is -1.10. The van der Waals surface area contributed by atoms with Gasteiger partial charge in [-0.15, -0.1) is 0 Å². The molecule has 19 heavy (non-hydrogen) atoms. The number of rotatable bonds is 4. The molecule has 1 saturated heterocycles. The summed E-state index contributed by atoms with van der Waals surface area (Å²) in [6.45, 7) is 7.42. The van der Waals surface area contributed by atoms with Crippen molar-refractivity contribution in [3.05, 3.63) is 29.3 Å². The van der Waals surface area contributed by atoms with E-state index in [-0.39, 0.29) is 6.04 Å². The van der Waals surface area contributed by atoms with Crippen LogP contribution in [-0.4, -0.2) is 56.7 Å². The molecule has 1 fully saturated rings. The van der Waals surface area contributed by atoms with Crippen LogP contribution in [0.3, 0.4) is 0 Å². The van der Waals surface area contributed by atoms with Gasteiger partial charge in [0.2, 0.25) is 0 Å². The largest absolute Gasteiger partial charge is 0.496 e. The summed E-state index contributed by atoms with van der Waals surface area (Å²) in [5, 5.41) is 0. The summed E-state index contributed by atoms with van der Waals surface area (Å²) in [6, 6.07) is 6.22. The van der Waals surface area contributed by atoms with Crippen LogP contribution in [0, 0.1) is 6.92 Å². The predicted octanol–water partition coefficient (Wildman–Crippen LogP) is 1.25. The molecule has 0 radical (unpaired) electrons. The number of likely N-dealkylation sites (N-methyl/N-ethyl adjacent to an activating group) is 1. The second-order valence-corrected chi connectivity index (χ2v) is 5.46. The van der Waals surface area contributed by atoms with Crippen molar-refractivity contribution in [2.45, 2.75) is 13.0 Å². The average molecular weight is 263 g/mol. The summed E-state index contributed by atoms with van der Waals surface area (Å²) < 4.78 is 5.42. The molecule has 0 bridgehead atoms. The summed E-state index contributed by atoms with van der Waals surface area (Å²) >= 11 is 0. The van der Waals surface area contributed by atoms with Crippen LogP contribution in [0.5, 0.6) is 5.75 Å². The van der Waals surface area contributed by atoms with E-state index in [2.05, 4.69) is 35.9 Å². The van der Waals surface area contributed by atoms with Gasteiger partial charge in [0.15, 0.2) is 0 Å². The van der Waals surface area contributed by atoms with Gasteiger partial charge >= 0.3 is 0 Å². The Bertz CT molecular complexity index is 414. The summed E-state index contributed by atoms with van der Waals surface area (Å²) in [4.78, 5) is 4.79. The molecule has 1 aliphatic heterocycles. The van der Waals surface area contributed by atoms with E-state index in [1.165, 1.54) is 5.56 Å². The molecule has 1 aromatic rings. The van der Waals surface area contributed by atoms with Crippen molar-refractivity contribution in [1.82, 2.24) is 9.80 Å². The van der Waals surface area contributed by atoms with Crippen molar-refractivity contribution >= 4 is 0 Å². The fourth-order valence-electron chi connectivity index (χ4n) is 2.55. The number of nitrogens with two attached hydrogens (primary N) is 1. The number of ether oxygens (including phenoxy) is 1. The molecule has 4 heteroatoms. The summed E-state index contributed by atoms with van der Waals surface area (Å²) in [7, 11) is 3.87. The lowest BCUT2D eigenvalue weighted by Gasteiger charge is -2.34. The Morgan fingerprint density at radius 2 is 1.95 bits per heavy atom. The molecule has 2 rings (SSSR count). The lowest BCUT2D eigenvalue weighted by Crippen LogP contribution is -2.46. The van der Waals surface area contributed by atoms with Gasteiger partial charge in [-0.25, -0.2) is 0 Å². The normalized spacial score (nSPS) is 19.4. The molecule has 0 saturated carbocycles. The lowest BCUT2D eigenvalue weighted by atomic mass is 10.0. The Morgan fingerprint density at radius 1 is 1.26 bits per heavy atom. The van der Waals surface area contributed by atoms with Gasteiger partial charge in [0.1, 0.15) is 5.75 Å². The second kappa shape index (κ2) is 6.37. The predicted molar refractivity (Wildman–Crippen MR) is 78.6 cm³/mol. The second-order valence-electron chi connectivity index (χ2n) is 5.46. The molecule has 106 valence electrons. The van der Waals surface area contributed by atoms with Gasteiger partial charge in [0, 0.05) is 44.3 Å². The van der Waals surface area contributed by atoms with E-state index in [1.54, 1.807) is 7.11 Å². The summed E-state index contributed by atoms with van der Waals surface area (Å²) in [5.41, 5.74) is 8.71. The van der Waals surface area contributed by atoms with Gasteiger partial charge in [-0.1, -0.05) is 17.7 Å². The third-order valence-corrected chi connectivity index (χ3v) is 3.84. The molecular formula is C15H25N3O. The van der Waals surface area contributed by atoms with Crippen molar-refractivity contribution in [1.29, 1.82) is 0 Å². The fourth-order valence-corrected chi connectivity index (χ4v) is 2.55. The van der Waals surface area contributed by atoms with Crippen molar-refractivity contribution in [3.63, 3.8) is 0 Å². The number of hydrogen-bond donors (Lipinski definition) is 1. The molecule has 1 heterocycles. The topological polar surface area (TPSA) is 41.7 Å². The highest BCUT2D eigenvalue weighted by Gasteiger charge is 2.19. The van der Waals surface area contributed by atoms with Crippen LogP contribution in [-0.2, 0) is 0 Å². The number of hydrogen-bond acceptors (Lipinski definition) is 4. The molecule has 2 N–H and O–H groups in total. The standard InChI is InChI=1S/C15H25N3O/c1-12-4-5-15(19-3)13(10-12)14(16)11-18-8-6-17(2)7-9-18/h4-5,10,14H,6-9,11,16H2,1-3H3. The SMILES string of the molecule is COc1ccc(C)cc1C(N)CN1CCN(C)CC1. The van der Waals surface area contributed by atoms with Crippen molar-refractivity contribution < 1.29 is 4.74 Å². The minimum absolute atomic E-state index is 0.0123. The van der Waals surface area contributed by atoms with Crippen molar-refractivity contribution in [2.75, 3.05) is 46.9 Å². The first-order chi connectivity index (χ1) is 9.10. The first-order valence-corrected chi connectivity index (χ1v) is 6.91. The Morgan fingerprint density at radius 3 is 2.58 bits per heavy atom. The monoisotopic (exact) mass is 263 g/mol. The van der Waals surface area contributed by atoms with E-state index in [0.29, 0.717) is 0 Å². The highest BCUT2D eigenvalue weighted by atomic mass is 16.5. The van der Waals surface area contributed by atoms with Crippen LogP contribution in [0.1, 0.15) is 17.2 Å². The highest BCUT2D eigenvalue weighted by Crippen LogP contribution is 2.25. The third kappa shape index (κ3) is 3.69. The number of methoxy groups -OCH3 is 1. The first kappa shape index (κ1) is 14.3. The van der Waals surface area contributed by atoms with Gasteiger partial charge in [-0.05, 0) is 20.0 Å². The minimum atomic E-state index is 0.0123. The number of benzene rings is 1. The van der Waals surface area contributed by atoms with E-state index >= 15 is 0 Å². The van der Waals surface area contributed by atoms with Crippen LogP contribution >= 0.6 is 0 Å². The molecule has 0 spiro atoms. The minimum Gasteiger partial charge on any atom is -0.496 e. The number of aryl methyl sites for hydroxylation is 1. The number of nitrogens with zero attached hydrogens (tertiary/aromatic N) is 2. The Kier molecular flexibility index (Phi) is 4.80. The molecule has 1 aromatic carbocycles. The summed E-state index contributed by atoms with van der Waals surface area (Å²) in [6.07, 6.45) is 0. The lowest BCUT2D eigenvalue weighted by molar-refractivity contribution is 0.147. The van der Waals surface area contributed by atoms with Crippen LogP contribution in [0.15, 0.2) is 18.2 Å². The maximum absolute atomic E-state index is 6.37. The van der Waals surface area contributed by atoms with Crippen molar-refractivity contribution in [3.8, 4) is 5.75 Å². The van der Waals surface area contributed by atoms with Gasteiger partial charge in [0.25, 0.3) is 0 Å². The maximum atomic E-state index is 6.37. The zero-order valence-corrected chi connectivity index (χ0v) is 12.2. The highest BCUT2D eigenvalue weighted by molar-refractivity contribution is 5.39. The number of piperazine rings is 1. The smallest absolute Gasteiger partial charge is 0.123 e. The molecular weight excluding hydrogens is 238 g/mol. The molecule has 1 aliphatic rings. The van der Waals surface area contributed by atoms with E-state index in [4.69, 9.17) is 10.5 Å². The van der Waals surface area contributed by atoms with E-state index in [1.807, 2.05) is 6.07 Å². The fraction of sp³-hybridized carbons (Fsp3) is 0.600. The maximum Gasteiger partial charge on any atom is 0.123 e. The van der Waals surface area contributed by atoms with Gasteiger partial charge in [-0.3, -0.25) is 4.90 Å². The molecule has 0 aliphatic carbocycles. The van der Waals surface area contributed by atoms with Crippen LogP contribution in [0.4, 0.5) is 0 Å². The Balaban J connectivity index is 2.03. The zero-order valence-electron chi connectivity index (χ0n) is 12.2. The zero-order chi connectivity index (χ0) is 13.8. The quantitative estimate of drug-likeness (QED) is 0.888. The first-order valence-electron chi connectivity index (χ1n) is 6.91. The molecule has 0 aromatic heterocycles. The molecule has 1 atom stereocenters.